The molecule has 2 aromatic rings. The first-order valence-corrected chi connectivity index (χ1v) is 5.48. The molecule has 16 heavy (non-hydrogen) atoms. The summed E-state index contributed by atoms with van der Waals surface area (Å²) in [6.45, 7) is 6.45. The molecule has 0 aliphatic heterocycles. The molecule has 0 saturated carbocycles. The molecule has 0 fully saturated rings. The summed E-state index contributed by atoms with van der Waals surface area (Å²) in [4.78, 5) is 3.34. The van der Waals surface area contributed by atoms with E-state index in [1.807, 2.05) is 0 Å². The zero-order valence-electron chi connectivity index (χ0n) is 9.51. The lowest BCUT2D eigenvalue weighted by molar-refractivity contribution is 0.788. The molecule has 1 heterocycles. The van der Waals surface area contributed by atoms with Gasteiger partial charge in [0.25, 0.3) is 0 Å². The molecule has 0 aliphatic carbocycles. The van der Waals surface area contributed by atoms with Gasteiger partial charge in [0.1, 0.15) is 0 Å². The zero-order chi connectivity index (χ0) is 11.5. The second-order valence-corrected chi connectivity index (χ2v) is 3.95. The van der Waals surface area contributed by atoms with Gasteiger partial charge in [0.2, 0.25) is 0 Å². The van der Waals surface area contributed by atoms with Crippen molar-refractivity contribution in [2.75, 3.05) is 0 Å². The number of nitrogens with one attached hydrogen (secondary N) is 2. The Balaban J connectivity index is 2.25. The van der Waals surface area contributed by atoms with Crippen molar-refractivity contribution in [3.63, 3.8) is 0 Å². The molecule has 1 aromatic carbocycles. The van der Waals surface area contributed by atoms with Crippen molar-refractivity contribution in [1.82, 2.24) is 10.3 Å². The summed E-state index contributed by atoms with van der Waals surface area (Å²) in [7, 11) is 0. The fraction of sp³-hybridized carbons (Fsp3) is 0.231. The molecule has 2 rings (SSSR count). The molecule has 84 valence electrons. The van der Waals surface area contributed by atoms with Crippen LogP contribution < -0.4 is 11.1 Å². The Morgan fingerprint density at radius 3 is 2.94 bits per heavy atom. The van der Waals surface area contributed by atoms with Crippen molar-refractivity contribution in [3.8, 4) is 0 Å². The molecule has 0 unspecified atom stereocenters. The summed E-state index contributed by atoms with van der Waals surface area (Å²) in [5.74, 6) is 0.493. The van der Waals surface area contributed by atoms with Crippen LogP contribution in [0.3, 0.4) is 0 Å². The third-order valence-corrected chi connectivity index (χ3v) is 2.66. The van der Waals surface area contributed by atoms with Crippen LogP contribution in [-0.4, -0.2) is 4.98 Å². The Hall–Kier alpha value is -1.90. The van der Waals surface area contributed by atoms with Gasteiger partial charge in [-0.3, -0.25) is 0 Å². The third kappa shape index (κ3) is 2.19. The maximum atomic E-state index is 5.46. The molecule has 0 saturated heterocycles. The monoisotopic (exact) mass is 215 g/mol. The SMILES string of the molecule is C=C(N)NCc1cc2cc(CC)ccc2[nH]1. The minimum Gasteiger partial charge on any atom is -0.386 e. The number of rotatable bonds is 4. The number of aryl methyl sites for hydroxylation is 1. The van der Waals surface area contributed by atoms with Crippen LogP contribution >= 0.6 is 0 Å². The van der Waals surface area contributed by atoms with Crippen LogP contribution in [0.15, 0.2) is 36.7 Å². The lowest BCUT2D eigenvalue weighted by Gasteiger charge is -2.01. The van der Waals surface area contributed by atoms with Crippen LogP contribution in [0, 0.1) is 0 Å². The normalized spacial score (nSPS) is 10.6. The molecular weight excluding hydrogens is 198 g/mol. The van der Waals surface area contributed by atoms with E-state index in [-0.39, 0.29) is 0 Å². The number of nitrogens with two attached hydrogens (primary N) is 1. The summed E-state index contributed by atoms with van der Waals surface area (Å²) in [5.41, 5.74) is 9.10. The largest absolute Gasteiger partial charge is 0.386 e. The molecule has 3 heteroatoms. The maximum absolute atomic E-state index is 5.46. The quantitative estimate of drug-likeness (QED) is 0.732. The van der Waals surface area contributed by atoms with Crippen LogP contribution in [-0.2, 0) is 13.0 Å². The van der Waals surface area contributed by atoms with E-state index in [1.165, 1.54) is 10.9 Å². The third-order valence-electron chi connectivity index (χ3n) is 2.66. The number of hydrogen-bond acceptors (Lipinski definition) is 2. The summed E-state index contributed by atoms with van der Waals surface area (Å²) in [5, 5.41) is 4.25. The minimum atomic E-state index is 0.493. The molecule has 3 nitrogen and oxygen atoms in total. The van der Waals surface area contributed by atoms with Gasteiger partial charge in [-0.05, 0) is 35.6 Å². The van der Waals surface area contributed by atoms with Crippen molar-refractivity contribution in [3.05, 3.63) is 47.9 Å². The first-order valence-electron chi connectivity index (χ1n) is 5.48. The lowest BCUT2D eigenvalue weighted by Crippen LogP contribution is -2.18. The molecule has 1 aromatic heterocycles. The predicted octanol–water partition coefficient (Wildman–Crippen LogP) is 2.25. The van der Waals surface area contributed by atoms with Gasteiger partial charge in [0, 0.05) is 11.2 Å². The molecule has 0 amide bonds. The number of benzene rings is 1. The van der Waals surface area contributed by atoms with Crippen LogP contribution in [0.1, 0.15) is 18.2 Å². The fourth-order valence-corrected chi connectivity index (χ4v) is 1.77. The molecular formula is C13H17N3. The van der Waals surface area contributed by atoms with Crippen molar-refractivity contribution < 1.29 is 0 Å². The molecule has 0 atom stereocenters. The highest BCUT2D eigenvalue weighted by Gasteiger charge is 2.01. The van der Waals surface area contributed by atoms with E-state index in [9.17, 15) is 0 Å². The maximum Gasteiger partial charge on any atom is 0.0889 e. The predicted molar refractivity (Wildman–Crippen MR) is 67.8 cm³/mol. The van der Waals surface area contributed by atoms with Crippen LogP contribution in [0.25, 0.3) is 10.9 Å². The first kappa shape index (κ1) is 10.6. The molecule has 0 aliphatic rings. The number of aromatic nitrogens is 1. The Bertz CT molecular complexity index is 511. The van der Waals surface area contributed by atoms with Crippen molar-refractivity contribution in [2.45, 2.75) is 19.9 Å². The van der Waals surface area contributed by atoms with E-state index in [2.05, 4.69) is 48.1 Å². The van der Waals surface area contributed by atoms with Gasteiger partial charge in [-0.25, -0.2) is 0 Å². The van der Waals surface area contributed by atoms with E-state index in [1.54, 1.807) is 0 Å². The average Bonchev–Trinajstić information content (AvgIpc) is 2.67. The second-order valence-electron chi connectivity index (χ2n) is 3.95. The van der Waals surface area contributed by atoms with Gasteiger partial charge in [0.05, 0.1) is 12.4 Å². The van der Waals surface area contributed by atoms with Crippen molar-refractivity contribution in [2.24, 2.45) is 5.73 Å². The van der Waals surface area contributed by atoms with E-state index < -0.39 is 0 Å². The van der Waals surface area contributed by atoms with Crippen LogP contribution in [0.2, 0.25) is 0 Å². The molecule has 0 spiro atoms. The number of hydrogen-bond donors (Lipinski definition) is 3. The van der Waals surface area contributed by atoms with Gasteiger partial charge in [0.15, 0.2) is 0 Å². The molecule has 4 N–H and O–H groups in total. The van der Waals surface area contributed by atoms with Crippen LogP contribution in [0.4, 0.5) is 0 Å². The number of H-pyrrole nitrogens is 1. The van der Waals surface area contributed by atoms with Gasteiger partial charge in [-0.1, -0.05) is 19.6 Å². The molecule has 0 radical (unpaired) electrons. The Kier molecular flexibility index (Phi) is 2.86. The summed E-state index contributed by atoms with van der Waals surface area (Å²) in [6.07, 6.45) is 1.06. The number of fused-ring (bicyclic) bond motifs is 1. The topological polar surface area (TPSA) is 53.8 Å². The average molecular weight is 215 g/mol. The van der Waals surface area contributed by atoms with Crippen molar-refractivity contribution >= 4 is 10.9 Å². The van der Waals surface area contributed by atoms with E-state index in [0.717, 1.165) is 17.6 Å². The zero-order valence-corrected chi connectivity index (χ0v) is 9.51. The Morgan fingerprint density at radius 2 is 2.25 bits per heavy atom. The lowest BCUT2D eigenvalue weighted by atomic mass is 10.1. The standard InChI is InChI=1S/C13H17N3/c1-3-10-4-5-13-11(6-10)7-12(16-13)8-15-9(2)14/h4-7,15-16H,2-3,8,14H2,1H3. The van der Waals surface area contributed by atoms with E-state index in [4.69, 9.17) is 5.73 Å². The van der Waals surface area contributed by atoms with Gasteiger partial charge < -0.3 is 16.0 Å². The second kappa shape index (κ2) is 4.31. The minimum absolute atomic E-state index is 0.493. The van der Waals surface area contributed by atoms with E-state index in [0.29, 0.717) is 12.4 Å². The van der Waals surface area contributed by atoms with Gasteiger partial charge >= 0.3 is 0 Å². The highest BCUT2D eigenvalue weighted by Crippen LogP contribution is 2.17. The van der Waals surface area contributed by atoms with E-state index >= 15 is 0 Å². The van der Waals surface area contributed by atoms with Gasteiger partial charge in [-0.2, -0.15) is 0 Å². The van der Waals surface area contributed by atoms with Gasteiger partial charge in [-0.15, -0.1) is 0 Å². The Labute approximate surface area is 95.3 Å². The van der Waals surface area contributed by atoms with Crippen molar-refractivity contribution in [1.29, 1.82) is 0 Å². The highest BCUT2D eigenvalue weighted by molar-refractivity contribution is 5.81. The smallest absolute Gasteiger partial charge is 0.0889 e. The Morgan fingerprint density at radius 1 is 1.44 bits per heavy atom. The molecule has 0 bridgehead atoms. The highest BCUT2D eigenvalue weighted by atomic mass is 15.0. The summed E-state index contributed by atoms with van der Waals surface area (Å²) >= 11 is 0. The number of aromatic amines is 1. The fourth-order valence-electron chi connectivity index (χ4n) is 1.77. The first-order chi connectivity index (χ1) is 7.69. The summed E-state index contributed by atoms with van der Waals surface area (Å²) in [6, 6.07) is 8.63. The van der Waals surface area contributed by atoms with Crippen LogP contribution in [0.5, 0.6) is 0 Å². The summed E-state index contributed by atoms with van der Waals surface area (Å²) < 4.78 is 0.